The van der Waals surface area contributed by atoms with E-state index in [9.17, 15) is 18.0 Å². The largest absolute Gasteiger partial charge is 0.478 e. The van der Waals surface area contributed by atoms with Crippen molar-refractivity contribution in [3.63, 3.8) is 0 Å². The van der Waals surface area contributed by atoms with Crippen molar-refractivity contribution in [2.45, 2.75) is 11.8 Å². The summed E-state index contributed by atoms with van der Waals surface area (Å²) in [6.45, 7) is 1.70. The summed E-state index contributed by atoms with van der Waals surface area (Å²) in [7, 11) is -3.88. The Balaban J connectivity index is 2.10. The molecule has 0 spiro atoms. The summed E-state index contributed by atoms with van der Waals surface area (Å²) in [6.07, 6.45) is 2.98. The van der Waals surface area contributed by atoms with Gasteiger partial charge in [-0.05, 0) is 37.3 Å². The fourth-order valence-corrected chi connectivity index (χ4v) is 2.68. The van der Waals surface area contributed by atoms with Gasteiger partial charge in [-0.3, -0.25) is 4.79 Å². The number of carbonyl (C=O) groups excluding carboxylic acids is 1. The van der Waals surface area contributed by atoms with Crippen LogP contribution in [0.3, 0.4) is 0 Å². The number of anilines is 2. The highest BCUT2D eigenvalue weighted by molar-refractivity contribution is 7.92. The van der Waals surface area contributed by atoms with Crippen molar-refractivity contribution in [3.05, 3.63) is 54.4 Å². The second-order valence-corrected chi connectivity index (χ2v) is 6.49. The number of amides is 1. The van der Waals surface area contributed by atoms with Gasteiger partial charge in [0.05, 0.1) is 4.90 Å². The molecule has 0 aliphatic carbocycles. The molecule has 25 heavy (non-hydrogen) atoms. The predicted octanol–water partition coefficient (Wildman–Crippen LogP) is 1.17. The van der Waals surface area contributed by atoms with Gasteiger partial charge in [-0.15, -0.1) is 0 Å². The van der Waals surface area contributed by atoms with Crippen molar-refractivity contribution in [2.75, 3.05) is 10.0 Å². The Hall–Kier alpha value is -3.27. The first-order valence-electron chi connectivity index (χ1n) is 6.91. The molecule has 0 unspecified atom stereocenters. The van der Waals surface area contributed by atoms with Crippen LogP contribution in [-0.2, 0) is 19.6 Å². The van der Waals surface area contributed by atoms with Gasteiger partial charge in [0.25, 0.3) is 10.0 Å². The zero-order valence-corrected chi connectivity index (χ0v) is 13.8. The summed E-state index contributed by atoms with van der Waals surface area (Å²) in [6, 6.07) is 6.95. The molecule has 0 aliphatic heterocycles. The van der Waals surface area contributed by atoms with Gasteiger partial charge in [-0.1, -0.05) is 0 Å². The van der Waals surface area contributed by atoms with Crippen molar-refractivity contribution in [2.24, 2.45) is 0 Å². The first kappa shape index (κ1) is 18.1. The molecule has 0 atom stereocenters. The minimum atomic E-state index is -3.88. The minimum Gasteiger partial charge on any atom is -0.478 e. The quantitative estimate of drug-likeness (QED) is 0.655. The van der Waals surface area contributed by atoms with Crippen molar-refractivity contribution >= 4 is 33.5 Å². The Bertz CT molecular complexity index is 923. The number of aliphatic carboxylic acids is 1. The number of benzene rings is 1. The van der Waals surface area contributed by atoms with Gasteiger partial charge in [0.2, 0.25) is 11.9 Å². The first-order valence-corrected chi connectivity index (χ1v) is 8.39. The molecular formula is C15H14N4O5S. The number of rotatable bonds is 6. The molecule has 1 amide bonds. The summed E-state index contributed by atoms with van der Waals surface area (Å²) in [5.74, 6) is -1.94. The standard InChI is InChI=1S/C15H14N4O5S/c1-10-8-9-16-15(17-10)19-25(23,24)12-4-2-11(3-5-12)18-13(20)6-7-14(21)22/h2-9H,1H3,(H,18,20)(H,21,22)(H,16,17,19)/b7-6-. The van der Waals surface area contributed by atoms with E-state index in [-0.39, 0.29) is 10.8 Å². The molecule has 0 radical (unpaired) electrons. The monoisotopic (exact) mass is 362 g/mol. The molecule has 10 heteroatoms. The van der Waals surface area contributed by atoms with Crippen LogP contribution in [0, 0.1) is 6.92 Å². The van der Waals surface area contributed by atoms with E-state index in [0.29, 0.717) is 17.5 Å². The average Bonchev–Trinajstić information content (AvgIpc) is 2.53. The number of hydrogen-bond acceptors (Lipinski definition) is 6. The highest BCUT2D eigenvalue weighted by atomic mass is 32.2. The number of nitrogens with zero attached hydrogens (tertiary/aromatic N) is 2. The van der Waals surface area contributed by atoms with Gasteiger partial charge in [0.1, 0.15) is 0 Å². The van der Waals surface area contributed by atoms with Crippen molar-refractivity contribution in [1.82, 2.24) is 9.97 Å². The maximum Gasteiger partial charge on any atom is 0.328 e. The first-order chi connectivity index (χ1) is 11.8. The number of carbonyl (C=O) groups is 2. The molecule has 0 saturated heterocycles. The van der Waals surface area contributed by atoms with E-state index in [2.05, 4.69) is 20.0 Å². The number of aryl methyl sites for hydroxylation is 1. The highest BCUT2D eigenvalue weighted by Crippen LogP contribution is 2.16. The highest BCUT2D eigenvalue weighted by Gasteiger charge is 2.15. The molecule has 0 bridgehead atoms. The van der Waals surface area contributed by atoms with Gasteiger partial charge in [0, 0.05) is 29.7 Å². The Morgan fingerprint density at radius 2 is 1.80 bits per heavy atom. The molecule has 9 nitrogen and oxygen atoms in total. The van der Waals surface area contributed by atoms with Crippen LogP contribution < -0.4 is 10.0 Å². The van der Waals surface area contributed by atoms with E-state index in [0.717, 1.165) is 6.08 Å². The topological polar surface area (TPSA) is 138 Å². The van der Waals surface area contributed by atoms with Crippen molar-refractivity contribution < 1.29 is 23.1 Å². The molecule has 0 aliphatic rings. The van der Waals surface area contributed by atoms with Crippen molar-refractivity contribution in [1.29, 1.82) is 0 Å². The van der Waals surface area contributed by atoms with Crippen LogP contribution in [0.5, 0.6) is 0 Å². The summed E-state index contributed by atoms with van der Waals surface area (Å²) in [5.41, 5.74) is 0.922. The molecule has 0 saturated carbocycles. The fraction of sp³-hybridized carbons (Fsp3) is 0.0667. The zero-order chi connectivity index (χ0) is 18.4. The van der Waals surface area contributed by atoms with E-state index in [4.69, 9.17) is 5.11 Å². The molecule has 3 N–H and O–H groups in total. The molecule has 130 valence electrons. The second-order valence-electron chi connectivity index (χ2n) is 4.81. The molecule has 2 rings (SSSR count). The summed E-state index contributed by atoms with van der Waals surface area (Å²) in [5, 5.41) is 10.8. The lowest BCUT2D eigenvalue weighted by Crippen LogP contribution is -2.15. The van der Waals surface area contributed by atoms with Gasteiger partial charge >= 0.3 is 5.97 Å². The molecule has 1 heterocycles. The van der Waals surface area contributed by atoms with Crippen LogP contribution in [0.2, 0.25) is 0 Å². The molecule has 1 aromatic heterocycles. The Labute approximate surface area is 143 Å². The third kappa shape index (κ3) is 5.39. The van der Waals surface area contributed by atoms with Crippen LogP contribution in [0.15, 0.2) is 53.6 Å². The van der Waals surface area contributed by atoms with Gasteiger partial charge in [-0.2, -0.15) is 0 Å². The summed E-state index contributed by atoms with van der Waals surface area (Å²) >= 11 is 0. The maximum absolute atomic E-state index is 12.3. The van der Waals surface area contributed by atoms with E-state index in [1.54, 1.807) is 13.0 Å². The van der Waals surface area contributed by atoms with Crippen LogP contribution >= 0.6 is 0 Å². The fourth-order valence-electron chi connectivity index (χ4n) is 1.73. The molecule has 0 fully saturated rings. The van der Waals surface area contributed by atoms with E-state index < -0.39 is 21.9 Å². The van der Waals surface area contributed by atoms with Crippen LogP contribution in [0.4, 0.5) is 11.6 Å². The van der Waals surface area contributed by atoms with Gasteiger partial charge in [0.15, 0.2) is 0 Å². The lowest BCUT2D eigenvalue weighted by atomic mass is 10.3. The maximum atomic E-state index is 12.3. The van der Waals surface area contributed by atoms with E-state index in [1.165, 1.54) is 30.5 Å². The smallest absolute Gasteiger partial charge is 0.328 e. The van der Waals surface area contributed by atoms with Crippen LogP contribution in [0.25, 0.3) is 0 Å². The Morgan fingerprint density at radius 3 is 2.40 bits per heavy atom. The second kappa shape index (κ2) is 7.53. The SMILES string of the molecule is Cc1ccnc(NS(=O)(=O)c2ccc(NC(=O)/C=C\C(=O)O)cc2)n1. The molecule has 1 aromatic carbocycles. The van der Waals surface area contributed by atoms with E-state index >= 15 is 0 Å². The Morgan fingerprint density at radius 1 is 1.12 bits per heavy atom. The predicted molar refractivity (Wildman–Crippen MR) is 89.4 cm³/mol. The number of carboxylic acid groups (broad SMARTS) is 1. The third-order valence-electron chi connectivity index (χ3n) is 2.83. The van der Waals surface area contributed by atoms with Gasteiger partial charge in [-0.25, -0.2) is 27.9 Å². The van der Waals surface area contributed by atoms with Crippen LogP contribution in [-0.4, -0.2) is 35.4 Å². The Kier molecular flexibility index (Phi) is 5.45. The zero-order valence-electron chi connectivity index (χ0n) is 13.0. The van der Waals surface area contributed by atoms with E-state index in [1.807, 2.05) is 0 Å². The lowest BCUT2D eigenvalue weighted by molar-refractivity contribution is -0.131. The number of sulfonamides is 1. The number of hydrogen-bond donors (Lipinski definition) is 3. The number of nitrogens with one attached hydrogen (secondary N) is 2. The lowest BCUT2D eigenvalue weighted by Gasteiger charge is -2.08. The third-order valence-corrected chi connectivity index (χ3v) is 4.17. The normalized spacial score (nSPS) is 11.2. The number of carboxylic acids is 1. The number of aromatic nitrogens is 2. The summed E-state index contributed by atoms with van der Waals surface area (Å²) in [4.78, 5) is 29.5. The molecule has 2 aromatic rings. The summed E-state index contributed by atoms with van der Waals surface area (Å²) < 4.78 is 26.8. The average molecular weight is 362 g/mol. The van der Waals surface area contributed by atoms with Crippen molar-refractivity contribution in [3.8, 4) is 0 Å². The van der Waals surface area contributed by atoms with Gasteiger partial charge < -0.3 is 10.4 Å². The molecular weight excluding hydrogens is 348 g/mol. The van der Waals surface area contributed by atoms with Crippen LogP contribution in [0.1, 0.15) is 5.69 Å². The minimum absolute atomic E-state index is 0.0447.